The van der Waals surface area contributed by atoms with Crippen molar-refractivity contribution in [2.24, 2.45) is 0 Å². The molecular weight excluding hydrogens is 244 g/mol. The quantitative estimate of drug-likeness (QED) is 0.411. The maximum Gasteiger partial charge on any atom is 0.305 e. The molecule has 0 fully saturated rings. The molecule has 4 heteroatoms. The summed E-state index contributed by atoms with van der Waals surface area (Å²) in [6.07, 6.45) is 1.69. The largest absolute Gasteiger partial charge is 0.465 e. The highest BCUT2D eigenvalue weighted by atomic mass is 16.7. The lowest BCUT2D eigenvalue weighted by molar-refractivity contribution is -0.148. The first kappa shape index (κ1) is 15.2. The topological polar surface area (TPSA) is 44.8 Å². The van der Waals surface area contributed by atoms with E-state index in [1.165, 1.54) is 0 Å². The molecule has 0 radical (unpaired) electrons. The summed E-state index contributed by atoms with van der Waals surface area (Å²) in [6.45, 7) is 7.82. The number of para-hydroxylation sites is 1. The zero-order valence-corrected chi connectivity index (χ0v) is 11.4. The minimum absolute atomic E-state index is 0.228. The van der Waals surface area contributed by atoms with Crippen LogP contribution in [0.3, 0.4) is 0 Å². The SMILES string of the molecule is C=Cc1ccccc1OC(C)OCCOC(=O)CC. The average molecular weight is 264 g/mol. The first-order chi connectivity index (χ1) is 9.17. The molecule has 1 atom stereocenters. The second-order valence-corrected chi connectivity index (χ2v) is 3.87. The van der Waals surface area contributed by atoms with E-state index in [0.717, 1.165) is 11.3 Å². The van der Waals surface area contributed by atoms with E-state index in [1.54, 1.807) is 19.9 Å². The second-order valence-electron chi connectivity index (χ2n) is 3.87. The molecule has 0 amide bonds. The van der Waals surface area contributed by atoms with Crippen molar-refractivity contribution in [3.63, 3.8) is 0 Å². The summed E-state index contributed by atoms with van der Waals surface area (Å²) in [6, 6.07) is 7.57. The van der Waals surface area contributed by atoms with Gasteiger partial charge in [0.2, 0.25) is 0 Å². The van der Waals surface area contributed by atoms with Crippen LogP contribution in [0.2, 0.25) is 0 Å². The zero-order chi connectivity index (χ0) is 14.1. The molecule has 4 nitrogen and oxygen atoms in total. The predicted octanol–water partition coefficient (Wildman–Crippen LogP) is 3.02. The van der Waals surface area contributed by atoms with Gasteiger partial charge in [-0.15, -0.1) is 0 Å². The third-order valence-electron chi connectivity index (χ3n) is 2.42. The molecule has 0 saturated carbocycles. The molecule has 0 aliphatic rings. The normalized spacial score (nSPS) is 11.7. The Morgan fingerprint density at radius 2 is 2.11 bits per heavy atom. The van der Waals surface area contributed by atoms with Crippen molar-refractivity contribution >= 4 is 12.0 Å². The summed E-state index contributed by atoms with van der Waals surface area (Å²) in [4.78, 5) is 10.9. The molecule has 0 aliphatic carbocycles. The first-order valence-corrected chi connectivity index (χ1v) is 6.32. The van der Waals surface area contributed by atoms with Crippen LogP contribution < -0.4 is 4.74 Å². The second kappa shape index (κ2) is 8.32. The number of benzene rings is 1. The smallest absolute Gasteiger partial charge is 0.305 e. The zero-order valence-electron chi connectivity index (χ0n) is 11.4. The molecule has 0 heterocycles. The van der Waals surface area contributed by atoms with E-state index in [1.807, 2.05) is 24.3 Å². The van der Waals surface area contributed by atoms with Crippen LogP contribution in [-0.2, 0) is 14.3 Å². The van der Waals surface area contributed by atoms with Crippen LogP contribution in [0.1, 0.15) is 25.8 Å². The van der Waals surface area contributed by atoms with E-state index in [4.69, 9.17) is 14.2 Å². The fraction of sp³-hybridized carbons (Fsp3) is 0.400. The first-order valence-electron chi connectivity index (χ1n) is 6.32. The Hall–Kier alpha value is -1.81. The number of hydrogen-bond donors (Lipinski definition) is 0. The number of hydrogen-bond acceptors (Lipinski definition) is 4. The number of esters is 1. The van der Waals surface area contributed by atoms with Gasteiger partial charge in [0.15, 0.2) is 6.29 Å². The highest BCUT2D eigenvalue weighted by molar-refractivity contribution is 5.68. The van der Waals surface area contributed by atoms with Gasteiger partial charge in [-0.3, -0.25) is 4.79 Å². The van der Waals surface area contributed by atoms with Crippen molar-refractivity contribution < 1.29 is 19.0 Å². The third-order valence-corrected chi connectivity index (χ3v) is 2.42. The molecule has 0 bridgehead atoms. The van der Waals surface area contributed by atoms with E-state index < -0.39 is 6.29 Å². The van der Waals surface area contributed by atoms with Gasteiger partial charge in [-0.05, 0) is 13.0 Å². The van der Waals surface area contributed by atoms with Crippen molar-refractivity contribution in [3.05, 3.63) is 36.4 Å². The fourth-order valence-corrected chi connectivity index (χ4v) is 1.44. The Bertz CT molecular complexity index is 414. The summed E-state index contributed by atoms with van der Waals surface area (Å²) < 4.78 is 15.9. The fourth-order valence-electron chi connectivity index (χ4n) is 1.44. The van der Waals surface area contributed by atoms with Gasteiger partial charge in [-0.25, -0.2) is 0 Å². The molecule has 0 aromatic heterocycles. The summed E-state index contributed by atoms with van der Waals surface area (Å²) in [7, 11) is 0. The van der Waals surface area contributed by atoms with E-state index in [-0.39, 0.29) is 12.6 Å². The Morgan fingerprint density at radius 3 is 2.79 bits per heavy atom. The van der Waals surface area contributed by atoms with Gasteiger partial charge in [0, 0.05) is 12.0 Å². The van der Waals surface area contributed by atoms with Gasteiger partial charge < -0.3 is 14.2 Å². The Kier molecular flexibility index (Phi) is 6.68. The van der Waals surface area contributed by atoms with E-state index in [0.29, 0.717) is 13.0 Å². The predicted molar refractivity (Wildman–Crippen MR) is 73.8 cm³/mol. The van der Waals surface area contributed by atoms with Crippen molar-refractivity contribution in [2.45, 2.75) is 26.6 Å². The van der Waals surface area contributed by atoms with Gasteiger partial charge in [-0.2, -0.15) is 0 Å². The third kappa shape index (κ3) is 5.57. The van der Waals surface area contributed by atoms with Crippen LogP contribution in [0.15, 0.2) is 30.8 Å². The van der Waals surface area contributed by atoms with Crippen LogP contribution in [0.4, 0.5) is 0 Å². The maximum absolute atomic E-state index is 10.9. The Morgan fingerprint density at radius 1 is 1.37 bits per heavy atom. The van der Waals surface area contributed by atoms with E-state index in [2.05, 4.69) is 6.58 Å². The molecule has 0 spiro atoms. The summed E-state index contributed by atoms with van der Waals surface area (Å²) in [5.74, 6) is 0.490. The maximum atomic E-state index is 10.9. The minimum Gasteiger partial charge on any atom is -0.465 e. The van der Waals surface area contributed by atoms with Gasteiger partial charge in [-0.1, -0.05) is 37.8 Å². The summed E-state index contributed by atoms with van der Waals surface area (Å²) in [5.41, 5.74) is 0.912. The molecule has 0 N–H and O–H groups in total. The lowest BCUT2D eigenvalue weighted by Gasteiger charge is -2.16. The molecule has 0 saturated heterocycles. The summed E-state index contributed by atoms with van der Waals surface area (Å²) in [5, 5.41) is 0. The molecule has 104 valence electrons. The molecule has 19 heavy (non-hydrogen) atoms. The van der Waals surface area contributed by atoms with E-state index >= 15 is 0 Å². The van der Waals surface area contributed by atoms with Gasteiger partial charge in [0.1, 0.15) is 12.4 Å². The van der Waals surface area contributed by atoms with Gasteiger partial charge in [0.25, 0.3) is 0 Å². The van der Waals surface area contributed by atoms with Crippen molar-refractivity contribution in [2.75, 3.05) is 13.2 Å². The van der Waals surface area contributed by atoms with Crippen LogP contribution >= 0.6 is 0 Å². The number of carbonyl (C=O) groups excluding carboxylic acids is 1. The molecule has 1 rings (SSSR count). The average Bonchev–Trinajstić information content (AvgIpc) is 2.43. The number of ether oxygens (including phenoxy) is 3. The van der Waals surface area contributed by atoms with Crippen molar-refractivity contribution in [1.29, 1.82) is 0 Å². The molecule has 1 unspecified atom stereocenters. The minimum atomic E-state index is -0.415. The number of rotatable bonds is 8. The number of carbonyl (C=O) groups is 1. The Labute approximate surface area is 114 Å². The molecule has 0 aliphatic heterocycles. The van der Waals surface area contributed by atoms with Crippen molar-refractivity contribution in [3.8, 4) is 5.75 Å². The van der Waals surface area contributed by atoms with Crippen LogP contribution in [-0.4, -0.2) is 25.5 Å². The Balaban J connectivity index is 2.32. The highest BCUT2D eigenvalue weighted by Gasteiger charge is 2.07. The molecule has 1 aromatic carbocycles. The van der Waals surface area contributed by atoms with E-state index in [9.17, 15) is 4.79 Å². The molecule has 1 aromatic rings. The monoisotopic (exact) mass is 264 g/mol. The van der Waals surface area contributed by atoms with Crippen LogP contribution in [0, 0.1) is 0 Å². The highest BCUT2D eigenvalue weighted by Crippen LogP contribution is 2.20. The lowest BCUT2D eigenvalue weighted by Crippen LogP contribution is -2.20. The summed E-state index contributed by atoms with van der Waals surface area (Å²) >= 11 is 0. The lowest BCUT2D eigenvalue weighted by atomic mass is 10.2. The van der Waals surface area contributed by atoms with Gasteiger partial charge in [0.05, 0.1) is 6.61 Å². The van der Waals surface area contributed by atoms with Crippen LogP contribution in [0.5, 0.6) is 5.75 Å². The standard InChI is InChI=1S/C15H20O4/c1-4-13-8-6-7-9-14(13)19-12(3)17-10-11-18-15(16)5-2/h4,6-9,12H,1,5,10-11H2,2-3H3. The van der Waals surface area contributed by atoms with Crippen molar-refractivity contribution in [1.82, 2.24) is 0 Å². The van der Waals surface area contributed by atoms with Gasteiger partial charge >= 0.3 is 5.97 Å². The molecular formula is C15H20O4. The van der Waals surface area contributed by atoms with Crippen LogP contribution in [0.25, 0.3) is 6.08 Å².